The Kier molecular flexibility index (Phi) is 4.44. The van der Waals surface area contributed by atoms with Crippen molar-refractivity contribution in [3.05, 3.63) is 48.5 Å². The van der Waals surface area contributed by atoms with E-state index in [-0.39, 0.29) is 0 Å². The van der Waals surface area contributed by atoms with E-state index in [0.29, 0.717) is 5.96 Å². The third-order valence-electron chi connectivity index (χ3n) is 2.65. The quantitative estimate of drug-likeness (QED) is 0.662. The predicted octanol–water partition coefficient (Wildman–Crippen LogP) is 2.76. The smallest absolute Gasteiger partial charge is 0.198 e. The van der Waals surface area contributed by atoms with E-state index >= 15 is 0 Å². The minimum Gasteiger partial charge on any atom is -0.497 e. The first kappa shape index (κ1) is 13.7. The molecule has 0 radical (unpaired) electrons. The zero-order valence-corrected chi connectivity index (χ0v) is 11.5. The van der Waals surface area contributed by atoms with Crippen LogP contribution >= 0.6 is 0 Å². The summed E-state index contributed by atoms with van der Waals surface area (Å²) in [4.78, 5) is 4.28. The molecule has 0 saturated heterocycles. The molecule has 5 nitrogen and oxygen atoms in total. The third-order valence-corrected chi connectivity index (χ3v) is 2.65. The maximum absolute atomic E-state index is 5.88. The molecule has 0 unspecified atom stereocenters. The summed E-state index contributed by atoms with van der Waals surface area (Å²) in [6, 6.07) is 14.8. The highest BCUT2D eigenvalue weighted by atomic mass is 16.5. The maximum Gasteiger partial charge on any atom is 0.198 e. The van der Waals surface area contributed by atoms with Crippen molar-refractivity contribution in [1.29, 1.82) is 0 Å². The van der Waals surface area contributed by atoms with Gasteiger partial charge in [-0.2, -0.15) is 0 Å². The Bertz CT molecular complexity index is 612. The lowest BCUT2D eigenvalue weighted by molar-refractivity contribution is 0.415. The Morgan fingerprint density at radius 3 is 2.35 bits per heavy atom. The monoisotopic (exact) mass is 271 g/mol. The molecule has 5 heteroatoms. The van der Waals surface area contributed by atoms with Crippen molar-refractivity contribution >= 4 is 17.3 Å². The molecule has 0 bridgehead atoms. The summed E-state index contributed by atoms with van der Waals surface area (Å²) >= 11 is 0. The van der Waals surface area contributed by atoms with Crippen LogP contribution in [0.1, 0.15) is 0 Å². The molecule has 0 atom stereocenters. The number of ether oxygens (including phenoxy) is 2. The molecular formula is C15H17N3O2. The van der Waals surface area contributed by atoms with Crippen molar-refractivity contribution in [1.82, 2.24) is 0 Å². The van der Waals surface area contributed by atoms with Gasteiger partial charge in [-0.3, -0.25) is 0 Å². The van der Waals surface area contributed by atoms with Gasteiger partial charge in [0, 0.05) is 17.8 Å². The molecule has 0 aliphatic carbocycles. The van der Waals surface area contributed by atoms with Gasteiger partial charge in [0.25, 0.3) is 0 Å². The molecule has 0 amide bonds. The van der Waals surface area contributed by atoms with Crippen LogP contribution in [-0.4, -0.2) is 20.2 Å². The molecule has 0 aliphatic heterocycles. The summed E-state index contributed by atoms with van der Waals surface area (Å²) in [5.41, 5.74) is 7.41. The highest BCUT2D eigenvalue weighted by Gasteiger charge is 1.99. The fraction of sp³-hybridized carbons (Fsp3) is 0.133. The van der Waals surface area contributed by atoms with Gasteiger partial charge in [-0.15, -0.1) is 0 Å². The number of benzene rings is 2. The zero-order chi connectivity index (χ0) is 14.4. The Balaban J connectivity index is 2.13. The Hall–Kier alpha value is -2.69. The van der Waals surface area contributed by atoms with Crippen molar-refractivity contribution < 1.29 is 9.47 Å². The molecule has 0 saturated carbocycles. The summed E-state index contributed by atoms with van der Waals surface area (Å²) < 4.78 is 10.3. The Morgan fingerprint density at radius 1 is 1.00 bits per heavy atom. The van der Waals surface area contributed by atoms with E-state index in [4.69, 9.17) is 15.2 Å². The normalized spacial score (nSPS) is 11.0. The van der Waals surface area contributed by atoms with Crippen LogP contribution in [0.3, 0.4) is 0 Å². The van der Waals surface area contributed by atoms with Gasteiger partial charge in [0.05, 0.1) is 19.9 Å². The van der Waals surface area contributed by atoms with E-state index < -0.39 is 0 Å². The lowest BCUT2D eigenvalue weighted by atomic mass is 10.3. The van der Waals surface area contributed by atoms with E-state index in [1.165, 1.54) is 0 Å². The number of anilines is 1. The van der Waals surface area contributed by atoms with Gasteiger partial charge in [0.2, 0.25) is 0 Å². The number of hydrogen-bond acceptors (Lipinski definition) is 3. The summed E-state index contributed by atoms with van der Waals surface area (Å²) in [6.45, 7) is 0. The lowest BCUT2D eigenvalue weighted by Crippen LogP contribution is -2.21. The van der Waals surface area contributed by atoms with E-state index in [2.05, 4.69) is 10.3 Å². The first-order chi connectivity index (χ1) is 9.71. The van der Waals surface area contributed by atoms with E-state index in [0.717, 1.165) is 22.9 Å². The number of hydrogen-bond donors (Lipinski definition) is 2. The fourth-order valence-corrected chi connectivity index (χ4v) is 1.70. The van der Waals surface area contributed by atoms with E-state index in [1.54, 1.807) is 20.3 Å². The van der Waals surface area contributed by atoms with Gasteiger partial charge in [0.1, 0.15) is 11.5 Å². The number of methoxy groups -OCH3 is 2. The van der Waals surface area contributed by atoms with Gasteiger partial charge in [-0.05, 0) is 24.3 Å². The molecule has 2 aromatic rings. The molecule has 20 heavy (non-hydrogen) atoms. The number of nitrogens with two attached hydrogens (primary N) is 1. The highest BCUT2D eigenvalue weighted by molar-refractivity contribution is 5.94. The number of rotatable bonds is 4. The molecular weight excluding hydrogens is 254 g/mol. The van der Waals surface area contributed by atoms with Crippen molar-refractivity contribution in [3.63, 3.8) is 0 Å². The van der Waals surface area contributed by atoms with Gasteiger partial charge in [-0.1, -0.05) is 12.1 Å². The SMILES string of the molecule is COc1cccc(N=C(N)Nc2cccc(OC)c2)c1. The van der Waals surface area contributed by atoms with Crippen LogP contribution in [0, 0.1) is 0 Å². The fourth-order valence-electron chi connectivity index (χ4n) is 1.70. The van der Waals surface area contributed by atoms with Crippen LogP contribution < -0.4 is 20.5 Å². The van der Waals surface area contributed by atoms with Gasteiger partial charge >= 0.3 is 0 Å². The minimum absolute atomic E-state index is 0.298. The molecule has 2 rings (SSSR count). The van der Waals surface area contributed by atoms with Gasteiger partial charge < -0.3 is 20.5 Å². The lowest BCUT2D eigenvalue weighted by Gasteiger charge is -2.07. The van der Waals surface area contributed by atoms with E-state index in [1.807, 2.05) is 42.5 Å². The summed E-state index contributed by atoms with van der Waals surface area (Å²) in [5, 5.41) is 3.01. The van der Waals surface area contributed by atoms with Crippen LogP contribution in [0.15, 0.2) is 53.5 Å². The molecule has 0 aromatic heterocycles. The van der Waals surface area contributed by atoms with Crippen molar-refractivity contribution in [2.45, 2.75) is 0 Å². The Morgan fingerprint density at radius 2 is 1.65 bits per heavy atom. The van der Waals surface area contributed by atoms with Crippen LogP contribution in [-0.2, 0) is 0 Å². The second-order valence-electron chi connectivity index (χ2n) is 4.06. The first-order valence-corrected chi connectivity index (χ1v) is 6.10. The molecule has 0 aliphatic rings. The largest absolute Gasteiger partial charge is 0.497 e. The summed E-state index contributed by atoms with van der Waals surface area (Å²) in [7, 11) is 3.23. The minimum atomic E-state index is 0.298. The van der Waals surface area contributed by atoms with Crippen molar-refractivity contribution in [2.24, 2.45) is 10.7 Å². The second-order valence-corrected chi connectivity index (χ2v) is 4.06. The summed E-state index contributed by atoms with van der Waals surface area (Å²) in [5.74, 6) is 1.79. The van der Waals surface area contributed by atoms with E-state index in [9.17, 15) is 0 Å². The second kappa shape index (κ2) is 6.47. The number of nitrogens with zero attached hydrogens (tertiary/aromatic N) is 1. The maximum atomic E-state index is 5.88. The highest BCUT2D eigenvalue weighted by Crippen LogP contribution is 2.20. The standard InChI is InChI=1S/C15H17N3O2/c1-19-13-7-3-5-11(9-13)17-15(16)18-12-6-4-8-14(10-12)20-2/h3-10H,1-2H3,(H3,16,17,18). The van der Waals surface area contributed by atoms with Gasteiger partial charge in [-0.25, -0.2) is 4.99 Å². The number of guanidine groups is 1. The van der Waals surface area contributed by atoms with Gasteiger partial charge in [0.15, 0.2) is 5.96 Å². The average molecular weight is 271 g/mol. The van der Waals surface area contributed by atoms with Crippen LogP contribution in [0.5, 0.6) is 11.5 Å². The molecule has 3 N–H and O–H groups in total. The topological polar surface area (TPSA) is 68.9 Å². The average Bonchev–Trinajstić information content (AvgIpc) is 2.47. The van der Waals surface area contributed by atoms with Crippen LogP contribution in [0.25, 0.3) is 0 Å². The molecule has 104 valence electrons. The summed E-state index contributed by atoms with van der Waals surface area (Å²) in [6.07, 6.45) is 0. The first-order valence-electron chi connectivity index (χ1n) is 6.10. The molecule has 0 spiro atoms. The number of aliphatic imine (C=N–C) groups is 1. The molecule has 2 aromatic carbocycles. The van der Waals surface area contributed by atoms with Crippen LogP contribution in [0.4, 0.5) is 11.4 Å². The Labute approximate surface area is 118 Å². The van der Waals surface area contributed by atoms with Crippen molar-refractivity contribution in [3.8, 4) is 11.5 Å². The number of nitrogens with one attached hydrogen (secondary N) is 1. The van der Waals surface area contributed by atoms with Crippen LogP contribution in [0.2, 0.25) is 0 Å². The third kappa shape index (κ3) is 3.65. The molecule has 0 heterocycles. The predicted molar refractivity (Wildman–Crippen MR) is 80.9 cm³/mol. The van der Waals surface area contributed by atoms with Crippen molar-refractivity contribution in [2.75, 3.05) is 19.5 Å². The zero-order valence-electron chi connectivity index (χ0n) is 11.5. The molecule has 0 fully saturated rings.